The van der Waals surface area contributed by atoms with Crippen molar-refractivity contribution in [1.82, 2.24) is 5.32 Å². The second kappa shape index (κ2) is 6.63. The van der Waals surface area contributed by atoms with Crippen molar-refractivity contribution in [2.24, 2.45) is 5.92 Å². The molecule has 0 saturated heterocycles. The summed E-state index contributed by atoms with van der Waals surface area (Å²) in [5, 5.41) is 2.63. The van der Waals surface area contributed by atoms with Crippen LogP contribution in [-0.2, 0) is 9.59 Å². The highest BCUT2D eigenvalue weighted by Gasteiger charge is 2.14. The van der Waals surface area contributed by atoms with Gasteiger partial charge in [0, 0.05) is 5.92 Å². The summed E-state index contributed by atoms with van der Waals surface area (Å²) < 4.78 is 0. The summed E-state index contributed by atoms with van der Waals surface area (Å²) in [4.78, 5) is 22.0. The van der Waals surface area contributed by atoms with Gasteiger partial charge in [0.15, 0.2) is 0 Å². The largest absolute Gasteiger partial charge is 0.349 e. The molecule has 0 aliphatic rings. The average Bonchev–Trinajstić information content (AvgIpc) is 2.10. The van der Waals surface area contributed by atoms with E-state index in [0.717, 1.165) is 19.3 Å². The van der Waals surface area contributed by atoms with Crippen LogP contribution in [0.2, 0.25) is 0 Å². The van der Waals surface area contributed by atoms with Gasteiger partial charge in [-0.05, 0) is 19.8 Å². The minimum atomic E-state index is -0.000276. The first-order valence-electron chi connectivity index (χ1n) is 4.88. The molecule has 0 aromatic carbocycles. The number of Topliss-reactive ketones (excluding diaryl/α,β-unsaturated/α-hetero) is 1. The minimum Gasteiger partial charge on any atom is -0.349 e. The van der Waals surface area contributed by atoms with Gasteiger partial charge in [-0.15, -0.1) is 0 Å². The van der Waals surface area contributed by atoms with Crippen LogP contribution >= 0.6 is 0 Å². The lowest BCUT2D eigenvalue weighted by Gasteiger charge is -2.12. The normalized spacial score (nSPS) is 12.2. The molecule has 0 aliphatic carbocycles. The summed E-state index contributed by atoms with van der Waals surface area (Å²) in [6.07, 6.45) is 2.75. The number of amides is 1. The van der Waals surface area contributed by atoms with Gasteiger partial charge in [0.2, 0.25) is 5.91 Å². The smallest absolute Gasteiger partial charge is 0.223 e. The Hall–Kier alpha value is -0.860. The predicted octanol–water partition coefficient (Wildman–Crippen LogP) is 1.52. The molecular weight excluding hydrogens is 166 g/mol. The minimum absolute atomic E-state index is 0.000276. The summed E-state index contributed by atoms with van der Waals surface area (Å²) in [7, 11) is 0. The molecule has 0 saturated carbocycles. The van der Waals surface area contributed by atoms with Crippen LogP contribution in [0, 0.1) is 5.92 Å². The van der Waals surface area contributed by atoms with E-state index in [1.807, 2.05) is 6.92 Å². The maximum Gasteiger partial charge on any atom is 0.223 e. The van der Waals surface area contributed by atoms with Crippen LogP contribution in [0.1, 0.15) is 40.0 Å². The van der Waals surface area contributed by atoms with E-state index in [1.54, 1.807) is 0 Å². The molecule has 3 nitrogen and oxygen atoms in total. The second-order valence-electron chi connectivity index (χ2n) is 3.31. The fraction of sp³-hybridized carbons (Fsp3) is 0.800. The Morgan fingerprint density at radius 1 is 1.31 bits per heavy atom. The number of rotatable bonds is 6. The number of carbonyl (C=O) groups is 2. The van der Waals surface area contributed by atoms with E-state index in [1.165, 1.54) is 6.92 Å². The van der Waals surface area contributed by atoms with Gasteiger partial charge < -0.3 is 5.32 Å². The van der Waals surface area contributed by atoms with Crippen LogP contribution in [0.3, 0.4) is 0 Å². The van der Waals surface area contributed by atoms with Gasteiger partial charge in [-0.2, -0.15) is 0 Å². The highest BCUT2D eigenvalue weighted by Crippen LogP contribution is 2.10. The molecule has 0 bridgehead atoms. The van der Waals surface area contributed by atoms with Gasteiger partial charge in [-0.1, -0.05) is 20.3 Å². The molecule has 0 rings (SSSR count). The van der Waals surface area contributed by atoms with Crippen LogP contribution in [-0.4, -0.2) is 18.2 Å². The highest BCUT2D eigenvalue weighted by atomic mass is 16.2. The maximum atomic E-state index is 11.4. The lowest BCUT2D eigenvalue weighted by Crippen LogP contribution is -2.33. The van der Waals surface area contributed by atoms with Gasteiger partial charge >= 0.3 is 0 Å². The molecule has 0 aromatic rings. The molecule has 0 heterocycles. The summed E-state index contributed by atoms with van der Waals surface area (Å²) in [6, 6.07) is 0. The van der Waals surface area contributed by atoms with Crippen molar-refractivity contribution >= 4 is 11.7 Å². The van der Waals surface area contributed by atoms with E-state index in [9.17, 15) is 9.59 Å². The topological polar surface area (TPSA) is 46.2 Å². The fourth-order valence-electron chi connectivity index (χ4n) is 1.23. The molecule has 0 spiro atoms. The lowest BCUT2D eigenvalue weighted by molar-refractivity contribution is -0.127. The van der Waals surface area contributed by atoms with Crippen molar-refractivity contribution < 1.29 is 9.59 Å². The van der Waals surface area contributed by atoms with Crippen LogP contribution in [0.5, 0.6) is 0 Å². The third kappa shape index (κ3) is 5.39. The number of ketones is 1. The van der Waals surface area contributed by atoms with E-state index in [2.05, 4.69) is 12.2 Å². The van der Waals surface area contributed by atoms with Crippen LogP contribution in [0.15, 0.2) is 0 Å². The fourth-order valence-corrected chi connectivity index (χ4v) is 1.23. The molecule has 76 valence electrons. The Morgan fingerprint density at radius 3 is 2.31 bits per heavy atom. The molecular formula is C10H19NO2. The van der Waals surface area contributed by atoms with Crippen molar-refractivity contribution in [2.45, 2.75) is 40.0 Å². The standard InChI is InChI=1S/C10H19NO2/c1-4-6-9(5-2)10(13)11-7-8(3)12/h9H,4-7H2,1-3H3,(H,11,13). The summed E-state index contributed by atoms with van der Waals surface area (Å²) >= 11 is 0. The third-order valence-corrected chi connectivity index (χ3v) is 2.01. The molecule has 1 unspecified atom stereocenters. The molecule has 0 aliphatic heterocycles. The van der Waals surface area contributed by atoms with E-state index in [4.69, 9.17) is 0 Å². The van der Waals surface area contributed by atoms with E-state index in [0.29, 0.717) is 0 Å². The highest BCUT2D eigenvalue weighted by molar-refractivity contribution is 5.85. The summed E-state index contributed by atoms with van der Waals surface area (Å²) in [5.74, 6) is 0.0867. The van der Waals surface area contributed by atoms with E-state index >= 15 is 0 Å². The van der Waals surface area contributed by atoms with Gasteiger partial charge in [-0.25, -0.2) is 0 Å². The van der Waals surface area contributed by atoms with Crippen LogP contribution in [0.4, 0.5) is 0 Å². The maximum absolute atomic E-state index is 11.4. The molecule has 13 heavy (non-hydrogen) atoms. The van der Waals surface area contributed by atoms with Crippen LogP contribution in [0.25, 0.3) is 0 Å². The monoisotopic (exact) mass is 185 g/mol. The summed E-state index contributed by atoms with van der Waals surface area (Å²) in [6.45, 7) is 5.69. The van der Waals surface area contributed by atoms with Gasteiger partial charge in [0.1, 0.15) is 5.78 Å². The molecule has 0 radical (unpaired) electrons. The number of hydrogen-bond donors (Lipinski definition) is 1. The first kappa shape index (κ1) is 12.1. The number of carbonyl (C=O) groups excluding carboxylic acids is 2. The third-order valence-electron chi connectivity index (χ3n) is 2.01. The Kier molecular flexibility index (Phi) is 6.20. The quantitative estimate of drug-likeness (QED) is 0.682. The van der Waals surface area contributed by atoms with Crippen molar-refractivity contribution in [3.8, 4) is 0 Å². The van der Waals surface area contributed by atoms with Crippen LogP contribution < -0.4 is 5.32 Å². The van der Waals surface area contributed by atoms with Crippen molar-refractivity contribution in [3.63, 3.8) is 0 Å². The van der Waals surface area contributed by atoms with E-state index in [-0.39, 0.29) is 24.2 Å². The molecule has 3 heteroatoms. The molecule has 0 fully saturated rings. The van der Waals surface area contributed by atoms with Gasteiger partial charge in [-0.3, -0.25) is 9.59 Å². The number of hydrogen-bond acceptors (Lipinski definition) is 2. The zero-order chi connectivity index (χ0) is 10.3. The van der Waals surface area contributed by atoms with Crippen molar-refractivity contribution in [3.05, 3.63) is 0 Å². The SMILES string of the molecule is CCCC(CC)C(=O)NCC(C)=O. The van der Waals surface area contributed by atoms with E-state index < -0.39 is 0 Å². The van der Waals surface area contributed by atoms with Gasteiger partial charge in [0.25, 0.3) is 0 Å². The number of nitrogens with one attached hydrogen (secondary N) is 1. The molecule has 1 amide bonds. The predicted molar refractivity (Wildman–Crippen MR) is 52.4 cm³/mol. The first-order chi connectivity index (χ1) is 6.11. The first-order valence-corrected chi connectivity index (χ1v) is 4.88. The second-order valence-corrected chi connectivity index (χ2v) is 3.31. The molecule has 0 aromatic heterocycles. The van der Waals surface area contributed by atoms with Gasteiger partial charge in [0.05, 0.1) is 6.54 Å². The molecule has 1 atom stereocenters. The Morgan fingerprint density at radius 2 is 1.92 bits per heavy atom. The zero-order valence-electron chi connectivity index (χ0n) is 8.72. The lowest BCUT2D eigenvalue weighted by atomic mass is 10.00. The average molecular weight is 185 g/mol. The zero-order valence-corrected chi connectivity index (χ0v) is 8.72. The summed E-state index contributed by atoms with van der Waals surface area (Å²) in [5.41, 5.74) is 0. The van der Waals surface area contributed by atoms with Crippen molar-refractivity contribution in [1.29, 1.82) is 0 Å². The Bertz CT molecular complexity index is 178. The Balaban J connectivity index is 3.84. The van der Waals surface area contributed by atoms with Crippen molar-refractivity contribution in [2.75, 3.05) is 6.54 Å². The molecule has 1 N–H and O–H groups in total. The Labute approximate surface area is 79.9 Å².